The fourth-order valence-corrected chi connectivity index (χ4v) is 9.92. The van der Waals surface area contributed by atoms with Crippen LogP contribution in [0.4, 0.5) is 17.1 Å². The molecule has 0 saturated heterocycles. The Labute approximate surface area is 363 Å². The van der Waals surface area contributed by atoms with Crippen LogP contribution in [0.5, 0.6) is 0 Å². The van der Waals surface area contributed by atoms with Gasteiger partial charge in [0.15, 0.2) is 0 Å². The summed E-state index contributed by atoms with van der Waals surface area (Å²) in [4.78, 5) is 2.40. The minimum absolute atomic E-state index is 0.886. The number of rotatable bonds is 6. The molecule has 294 valence electrons. The predicted octanol–water partition coefficient (Wildman–Crippen LogP) is 16.9. The first-order valence-corrected chi connectivity index (χ1v) is 21.6. The largest absolute Gasteiger partial charge is 0.456 e. The summed E-state index contributed by atoms with van der Waals surface area (Å²) in [6.45, 7) is 0. The zero-order chi connectivity index (χ0) is 41.4. The molecule has 0 amide bonds. The molecule has 0 atom stereocenters. The van der Waals surface area contributed by atoms with E-state index in [9.17, 15) is 0 Å². The summed E-state index contributed by atoms with van der Waals surface area (Å²) in [7, 11) is 0. The quantitative estimate of drug-likeness (QED) is 0.156. The van der Waals surface area contributed by atoms with Gasteiger partial charge in [0.05, 0.1) is 16.7 Å². The third-order valence-electron chi connectivity index (χ3n) is 12.9. The van der Waals surface area contributed by atoms with Crippen molar-refractivity contribution < 1.29 is 4.42 Å². The van der Waals surface area contributed by atoms with Crippen LogP contribution in [0.15, 0.2) is 235 Å². The Morgan fingerprint density at radius 2 is 0.873 bits per heavy atom. The topological polar surface area (TPSA) is 21.3 Å². The van der Waals surface area contributed by atoms with Crippen LogP contribution in [0.1, 0.15) is 0 Å². The van der Waals surface area contributed by atoms with Crippen molar-refractivity contribution in [2.75, 3.05) is 4.90 Å². The first-order valence-electron chi connectivity index (χ1n) is 21.6. The van der Waals surface area contributed by atoms with Gasteiger partial charge in [-0.1, -0.05) is 146 Å². The van der Waals surface area contributed by atoms with Crippen molar-refractivity contribution in [2.24, 2.45) is 0 Å². The lowest BCUT2D eigenvalue weighted by Gasteiger charge is -2.28. The fraction of sp³-hybridized carbons (Fsp3) is 0. The molecule has 0 aliphatic heterocycles. The van der Waals surface area contributed by atoms with Gasteiger partial charge in [0, 0.05) is 44.2 Å². The van der Waals surface area contributed by atoms with Crippen molar-refractivity contribution in [3.63, 3.8) is 0 Å². The minimum atomic E-state index is 0.886. The van der Waals surface area contributed by atoms with Crippen molar-refractivity contribution >= 4 is 93.1 Å². The summed E-state index contributed by atoms with van der Waals surface area (Å²) in [5.74, 6) is 0. The van der Waals surface area contributed by atoms with Crippen LogP contribution in [0.2, 0.25) is 0 Å². The summed E-state index contributed by atoms with van der Waals surface area (Å²) in [5.41, 5.74) is 13.2. The Kier molecular flexibility index (Phi) is 7.91. The molecule has 0 spiro atoms. The standard InChI is InChI=1S/C60H38N2O/c1-2-13-42-38-60-55(36-41(42)12-1)54-37-45(26-34-59(54)63-60)51-15-5-8-18-56(51)61(47-29-31-48(32-30-47)62-57-19-9-6-16-52(57)53-17-7-10-20-58(53)62)46-27-23-39(24-28-46)43-25-33-50-44(35-43)22-21-40-11-3-4-14-49(40)50/h1-38H. The van der Waals surface area contributed by atoms with Gasteiger partial charge in [-0.2, -0.15) is 0 Å². The second-order valence-corrected chi connectivity index (χ2v) is 16.5. The van der Waals surface area contributed by atoms with E-state index in [1.54, 1.807) is 0 Å². The zero-order valence-electron chi connectivity index (χ0n) is 34.2. The van der Waals surface area contributed by atoms with Crippen LogP contribution in [-0.2, 0) is 0 Å². The van der Waals surface area contributed by atoms with Crippen LogP contribution >= 0.6 is 0 Å². The average Bonchev–Trinajstić information content (AvgIpc) is 3.88. The molecule has 2 heterocycles. The van der Waals surface area contributed by atoms with Gasteiger partial charge >= 0.3 is 0 Å². The number of nitrogens with zero attached hydrogens (tertiary/aromatic N) is 2. The molecule has 0 bridgehead atoms. The molecule has 0 fully saturated rings. The van der Waals surface area contributed by atoms with Gasteiger partial charge in [-0.3, -0.25) is 0 Å². The van der Waals surface area contributed by atoms with E-state index >= 15 is 0 Å². The molecule has 3 heteroatoms. The molecule has 13 rings (SSSR count). The van der Waals surface area contributed by atoms with Crippen molar-refractivity contribution in [1.29, 1.82) is 0 Å². The number of para-hydroxylation sites is 3. The number of hydrogen-bond donors (Lipinski definition) is 0. The molecule has 63 heavy (non-hydrogen) atoms. The minimum Gasteiger partial charge on any atom is -0.456 e. The normalized spacial score (nSPS) is 11.8. The first kappa shape index (κ1) is 35.4. The summed E-state index contributed by atoms with van der Waals surface area (Å²) >= 11 is 0. The lowest BCUT2D eigenvalue weighted by Crippen LogP contribution is -2.11. The highest BCUT2D eigenvalue weighted by molar-refractivity contribution is 6.12. The molecular weight excluding hydrogens is 765 g/mol. The van der Waals surface area contributed by atoms with Crippen molar-refractivity contribution in [1.82, 2.24) is 4.57 Å². The molecule has 0 radical (unpaired) electrons. The molecule has 0 aliphatic carbocycles. The Bertz CT molecular complexity index is 3860. The van der Waals surface area contributed by atoms with E-state index in [4.69, 9.17) is 4.42 Å². The molecule has 0 saturated carbocycles. The van der Waals surface area contributed by atoms with E-state index in [1.165, 1.54) is 65.3 Å². The highest BCUT2D eigenvalue weighted by Gasteiger charge is 2.20. The number of fused-ring (bicyclic) bond motifs is 10. The summed E-state index contributed by atoms with van der Waals surface area (Å²) in [5, 5.41) is 12.2. The molecule has 0 N–H and O–H groups in total. The number of aromatic nitrogens is 1. The zero-order valence-corrected chi connectivity index (χ0v) is 34.2. The average molecular weight is 803 g/mol. The van der Waals surface area contributed by atoms with Gasteiger partial charge in [0.2, 0.25) is 0 Å². The monoisotopic (exact) mass is 802 g/mol. The van der Waals surface area contributed by atoms with Gasteiger partial charge in [-0.25, -0.2) is 0 Å². The molecular formula is C60H38N2O. The van der Waals surface area contributed by atoms with Gasteiger partial charge < -0.3 is 13.9 Å². The number of anilines is 3. The second kappa shape index (κ2) is 14.1. The maximum atomic E-state index is 6.44. The molecule has 0 unspecified atom stereocenters. The van der Waals surface area contributed by atoms with E-state index in [2.05, 4.69) is 240 Å². The number of hydrogen-bond acceptors (Lipinski definition) is 2. The SMILES string of the molecule is c1ccc(N(c2ccc(-c3ccc4c(ccc5ccccc54)c3)cc2)c2ccc(-n3c4ccccc4c4ccccc43)cc2)c(-c2ccc3oc4cc5ccccc5cc4c3c2)c1. The Morgan fingerprint density at radius 3 is 1.63 bits per heavy atom. The maximum absolute atomic E-state index is 6.44. The summed E-state index contributed by atoms with van der Waals surface area (Å²) in [6.07, 6.45) is 0. The Balaban J connectivity index is 0.953. The van der Waals surface area contributed by atoms with Crippen LogP contribution in [0.25, 0.3) is 104 Å². The van der Waals surface area contributed by atoms with Gasteiger partial charge in [-0.05, 0) is 134 Å². The van der Waals surface area contributed by atoms with E-state index < -0.39 is 0 Å². The van der Waals surface area contributed by atoms with Gasteiger partial charge in [0.25, 0.3) is 0 Å². The highest BCUT2D eigenvalue weighted by Crippen LogP contribution is 2.44. The Morgan fingerprint density at radius 1 is 0.317 bits per heavy atom. The van der Waals surface area contributed by atoms with Crippen molar-refractivity contribution in [2.45, 2.75) is 0 Å². The van der Waals surface area contributed by atoms with Gasteiger partial charge in [0.1, 0.15) is 11.2 Å². The van der Waals surface area contributed by atoms with E-state index in [0.717, 1.165) is 55.8 Å². The first-order chi connectivity index (χ1) is 31.2. The van der Waals surface area contributed by atoms with Crippen molar-refractivity contribution in [3.8, 4) is 27.9 Å². The third-order valence-corrected chi connectivity index (χ3v) is 12.9. The van der Waals surface area contributed by atoms with Crippen LogP contribution in [-0.4, -0.2) is 4.57 Å². The van der Waals surface area contributed by atoms with Crippen LogP contribution < -0.4 is 4.90 Å². The van der Waals surface area contributed by atoms with Crippen LogP contribution in [0.3, 0.4) is 0 Å². The van der Waals surface area contributed by atoms with Crippen LogP contribution in [0, 0.1) is 0 Å². The highest BCUT2D eigenvalue weighted by atomic mass is 16.3. The smallest absolute Gasteiger partial charge is 0.136 e. The molecule has 13 aromatic rings. The maximum Gasteiger partial charge on any atom is 0.136 e. The van der Waals surface area contributed by atoms with Crippen molar-refractivity contribution in [3.05, 3.63) is 231 Å². The summed E-state index contributed by atoms with van der Waals surface area (Å²) in [6, 6.07) is 83.6. The molecule has 11 aromatic carbocycles. The third kappa shape index (κ3) is 5.75. The Hall–Kier alpha value is -8.40. The predicted molar refractivity (Wildman–Crippen MR) is 266 cm³/mol. The van der Waals surface area contributed by atoms with Gasteiger partial charge in [-0.15, -0.1) is 0 Å². The van der Waals surface area contributed by atoms with E-state index in [0.29, 0.717) is 0 Å². The lowest BCUT2D eigenvalue weighted by molar-refractivity contribution is 0.669. The fourth-order valence-electron chi connectivity index (χ4n) is 9.92. The molecule has 0 aliphatic rings. The summed E-state index contributed by atoms with van der Waals surface area (Å²) < 4.78 is 8.82. The second-order valence-electron chi connectivity index (χ2n) is 16.5. The lowest BCUT2D eigenvalue weighted by atomic mass is 9.97. The number of furan rings is 1. The number of benzene rings is 11. The van der Waals surface area contributed by atoms with E-state index in [-0.39, 0.29) is 0 Å². The van der Waals surface area contributed by atoms with E-state index in [1.807, 2.05) is 0 Å². The molecule has 2 aromatic heterocycles. The molecule has 3 nitrogen and oxygen atoms in total.